The lowest BCUT2D eigenvalue weighted by Crippen LogP contribution is -2.51. The first-order chi connectivity index (χ1) is 12.1. The Morgan fingerprint density at radius 2 is 2.08 bits per heavy atom. The Morgan fingerprint density at radius 1 is 1.32 bits per heavy atom. The van der Waals surface area contributed by atoms with Crippen LogP contribution >= 0.6 is 11.6 Å². The van der Waals surface area contributed by atoms with Crippen LogP contribution in [0, 0.1) is 0 Å². The highest BCUT2D eigenvalue weighted by Crippen LogP contribution is 2.37. The normalized spacial score (nSPS) is 24.3. The van der Waals surface area contributed by atoms with Gasteiger partial charge >= 0.3 is 0 Å². The van der Waals surface area contributed by atoms with Crippen LogP contribution in [0.2, 0.25) is 5.15 Å². The number of fused-ring (bicyclic) bond motifs is 5. The summed E-state index contributed by atoms with van der Waals surface area (Å²) in [7, 11) is -1.30. The van der Waals surface area contributed by atoms with Crippen molar-refractivity contribution in [3.8, 4) is 0 Å². The van der Waals surface area contributed by atoms with Crippen LogP contribution in [-0.4, -0.2) is 50.6 Å². The first kappa shape index (κ1) is 15.5. The van der Waals surface area contributed by atoms with E-state index in [9.17, 15) is 4.21 Å². The third-order valence-electron chi connectivity index (χ3n) is 4.94. The van der Waals surface area contributed by atoms with Crippen molar-refractivity contribution in [1.82, 2.24) is 20.3 Å². The van der Waals surface area contributed by atoms with Gasteiger partial charge in [-0.25, -0.2) is 9.97 Å². The van der Waals surface area contributed by atoms with Crippen LogP contribution < -0.4 is 10.2 Å². The van der Waals surface area contributed by atoms with Gasteiger partial charge in [0.2, 0.25) is 10.9 Å². The molecule has 0 spiro atoms. The van der Waals surface area contributed by atoms with Gasteiger partial charge in [-0.2, -0.15) is 4.98 Å². The summed E-state index contributed by atoms with van der Waals surface area (Å²) in [5.74, 6) is 0.773. The number of rotatable bonds is 2. The van der Waals surface area contributed by atoms with Crippen LogP contribution in [0.3, 0.4) is 0 Å². The molecule has 3 aromatic rings. The van der Waals surface area contributed by atoms with Crippen LogP contribution in [0.4, 0.5) is 5.82 Å². The lowest BCUT2D eigenvalue weighted by atomic mass is 10.2. The Morgan fingerprint density at radius 3 is 2.80 bits per heavy atom. The maximum Gasteiger partial charge on any atom is 0.233 e. The van der Waals surface area contributed by atoms with Crippen molar-refractivity contribution < 1.29 is 8.63 Å². The van der Waals surface area contributed by atoms with Crippen LogP contribution in [0.25, 0.3) is 22.1 Å². The molecular formula is C16H16ClN5O2S. The molecule has 2 aliphatic heterocycles. The molecule has 0 radical (unpaired) electrons. The van der Waals surface area contributed by atoms with Gasteiger partial charge in [0.15, 0.2) is 10.7 Å². The average molecular weight is 378 g/mol. The van der Waals surface area contributed by atoms with Crippen molar-refractivity contribution in [3.05, 3.63) is 17.4 Å². The summed E-state index contributed by atoms with van der Waals surface area (Å²) >= 11 is 6.19. The molecule has 9 heteroatoms. The lowest BCUT2D eigenvalue weighted by Gasteiger charge is -2.34. The van der Waals surface area contributed by atoms with Crippen molar-refractivity contribution in [2.45, 2.75) is 30.1 Å². The van der Waals surface area contributed by atoms with E-state index < -0.39 is 10.8 Å². The van der Waals surface area contributed by atoms with E-state index in [4.69, 9.17) is 16.0 Å². The monoisotopic (exact) mass is 377 g/mol. The molecule has 2 aliphatic rings. The Hall–Kier alpha value is -1.77. The summed E-state index contributed by atoms with van der Waals surface area (Å²) in [5, 5.41) is 5.84. The first-order valence-electron chi connectivity index (χ1n) is 8.19. The number of anilines is 1. The van der Waals surface area contributed by atoms with E-state index in [1.54, 1.807) is 12.5 Å². The second-order valence-corrected chi connectivity index (χ2v) is 8.22. The van der Waals surface area contributed by atoms with E-state index in [0.29, 0.717) is 28.5 Å². The van der Waals surface area contributed by atoms with Crippen molar-refractivity contribution in [3.63, 3.8) is 0 Å². The van der Waals surface area contributed by atoms with Crippen LogP contribution in [0.1, 0.15) is 12.8 Å². The standard InChI is InChI=1S/C16H16ClN5O2S/c1-25(23)16-20-14(22-6-8-2-3-9(7-22)19-8)11-10-4-5-18-13(17)12(10)24-15(11)21-16/h4-5,8-9,19H,2-3,6-7H2,1H3. The summed E-state index contributed by atoms with van der Waals surface area (Å²) in [6, 6.07) is 2.78. The van der Waals surface area contributed by atoms with Gasteiger partial charge in [0.25, 0.3) is 0 Å². The molecule has 130 valence electrons. The number of piperazine rings is 1. The van der Waals surface area contributed by atoms with Gasteiger partial charge in [0.1, 0.15) is 5.82 Å². The van der Waals surface area contributed by atoms with Crippen LogP contribution in [0.5, 0.6) is 0 Å². The molecule has 2 saturated heterocycles. The zero-order valence-electron chi connectivity index (χ0n) is 13.5. The molecule has 0 amide bonds. The molecule has 1 N–H and O–H groups in total. The van der Waals surface area contributed by atoms with Crippen LogP contribution in [-0.2, 0) is 10.8 Å². The molecule has 0 aromatic carbocycles. The molecular weight excluding hydrogens is 362 g/mol. The van der Waals surface area contributed by atoms with E-state index in [1.807, 2.05) is 6.07 Å². The molecule has 0 aliphatic carbocycles. The number of hydrogen-bond donors (Lipinski definition) is 1. The molecule has 3 aromatic heterocycles. The fourth-order valence-electron chi connectivity index (χ4n) is 3.86. The summed E-state index contributed by atoms with van der Waals surface area (Å²) in [6.07, 6.45) is 5.56. The SMILES string of the molecule is CS(=O)c1nc(N2CC3CCC(C2)N3)c2c(n1)oc1c(Cl)nccc12. The number of aromatic nitrogens is 3. The van der Waals surface area contributed by atoms with Gasteiger partial charge in [-0.1, -0.05) is 11.6 Å². The summed E-state index contributed by atoms with van der Waals surface area (Å²) < 4.78 is 17.9. The molecule has 0 saturated carbocycles. The molecule has 2 fully saturated rings. The minimum absolute atomic E-state index is 0.275. The van der Waals surface area contributed by atoms with Crippen LogP contribution in [0.15, 0.2) is 21.8 Å². The molecule has 25 heavy (non-hydrogen) atoms. The predicted molar refractivity (Wildman–Crippen MR) is 96.6 cm³/mol. The maximum absolute atomic E-state index is 12.0. The van der Waals surface area contributed by atoms with Crippen molar-refractivity contribution in [2.24, 2.45) is 0 Å². The molecule has 7 nitrogen and oxygen atoms in total. The minimum Gasteiger partial charge on any atom is -0.434 e. The van der Waals surface area contributed by atoms with E-state index >= 15 is 0 Å². The van der Waals surface area contributed by atoms with Crippen molar-refractivity contribution in [2.75, 3.05) is 24.2 Å². The highest BCUT2D eigenvalue weighted by Gasteiger charge is 2.34. The second kappa shape index (κ2) is 5.62. The van der Waals surface area contributed by atoms with E-state index in [0.717, 1.165) is 29.7 Å². The van der Waals surface area contributed by atoms with E-state index in [-0.39, 0.29) is 5.16 Å². The zero-order valence-corrected chi connectivity index (χ0v) is 15.1. The fraction of sp³-hybridized carbons (Fsp3) is 0.438. The largest absolute Gasteiger partial charge is 0.434 e. The first-order valence-corrected chi connectivity index (χ1v) is 10.1. The predicted octanol–water partition coefficient (Wildman–Crippen LogP) is 2.10. The number of furan rings is 1. The highest BCUT2D eigenvalue weighted by molar-refractivity contribution is 7.84. The van der Waals surface area contributed by atoms with Crippen molar-refractivity contribution in [1.29, 1.82) is 0 Å². The average Bonchev–Trinajstić information content (AvgIpc) is 3.14. The van der Waals surface area contributed by atoms with Gasteiger partial charge in [-0.3, -0.25) is 4.21 Å². The lowest BCUT2D eigenvalue weighted by molar-refractivity contribution is 0.463. The number of pyridine rings is 1. The maximum atomic E-state index is 12.0. The second-order valence-electron chi connectivity index (χ2n) is 6.59. The number of nitrogens with one attached hydrogen (secondary N) is 1. The molecule has 3 unspecified atom stereocenters. The van der Waals surface area contributed by atoms with Gasteiger partial charge in [0, 0.05) is 43.0 Å². The molecule has 3 atom stereocenters. The fourth-order valence-corrected chi connectivity index (χ4v) is 4.48. The summed E-state index contributed by atoms with van der Waals surface area (Å²) in [4.78, 5) is 15.3. The topological polar surface area (TPSA) is 84.2 Å². The number of hydrogen-bond acceptors (Lipinski definition) is 7. The van der Waals surface area contributed by atoms with Gasteiger partial charge in [-0.15, -0.1) is 0 Å². The Kier molecular flexibility index (Phi) is 3.48. The smallest absolute Gasteiger partial charge is 0.233 e. The van der Waals surface area contributed by atoms with Gasteiger partial charge in [0.05, 0.1) is 16.2 Å². The highest BCUT2D eigenvalue weighted by atomic mass is 35.5. The summed E-state index contributed by atoms with van der Waals surface area (Å²) in [6.45, 7) is 1.73. The third-order valence-corrected chi connectivity index (χ3v) is 5.90. The molecule has 5 heterocycles. The summed E-state index contributed by atoms with van der Waals surface area (Å²) in [5.41, 5.74) is 0.901. The third kappa shape index (κ3) is 2.43. The number of nitrogens with zero attached hydrogens (tertiary/aromatic N) is 4. The Bertz CT molecular complexity index is 1010. The minimum atomic E-state index is -1.30. The molecule has 5 rings (SSSR count). The van der Waals surface area contributed by atoms with Crippen molar-refractivity contribution >= 4 is 50.3 Å². The Labute approximate surface area is 151 Å². The van der Waals surface area contributed by atoms with Gasteiger partial charge < -0.3 is 14.6 Å². The van der Waals surface area contributed by atoms with E-state index in [1.165, 1.54) is 12.8 Å². The zero-order chi connectivity index (χ0) is 17.1. The quantitative estimate of drug-likeness (QED) is 0.540. The number of halogens is 1. The molecule has 2 bridgehead atoms. The van der Waals surface area contributed by atoms with E-state index in [2.05, 4.69) is 25.2 Å². The Balaban J connectivity index is 1.78. The van der Waals surface area contributed by atoms with Gasteiger partial charge in [-0.05, 0) is 18.9 Å².